The minimum atomic E-state index is -3.88. The van der Waals surface area contributed by atoms with Gasteiger partial charge in [0.15, 0.2) is 9.84 Å². The summed E-state index contributed by atoms with van der Waals surface area (Å²) >= 11 is 6.46. The first-order valence-corrected chi connectivity index (χ1v) is 12.3. The van der Waals surface area contributed by atoms with Crippen molar-refractivity contribution in [1.29, 1.82) is 0 Å². The molecule has 2 rings (SSSR count). The molecular formula is C14H18Br2N2O5S2. The number of nitrogens with zero attached hydrogens (tertiary/aromatic N) is 1. The Hall–Kier alpha value is -0.490. The average molecular weight is 518 g/mol. The van der Waals surface area contributed by atoms with Crippen molar-refractivity contribution in [2.75, 3.05) is 24.6 Å². The lowest BCUT2D eigenvalue weighted by Gasteiger charge is -2.22. The maximum Gasteiger partial charge on any atom is 0.244 e. The van der Waals surface area contributed by atoms with E-state index in [-0.39, 0.29) is 29.5 Å². The molecule has 0 bridgehead atoms. The SMILES string of the molecule is CCN(CC(=O)N[C@H]1CCS(=O)(=O)C1)S(=O)(=O)c1cc(Br)ccc1Br. The second-order valence-corrected chi connectivity index (χ2v) is 11.6. The minimum Gasteiger partial charge on any atom is -0.351 e. The summed E-state index contributed by atoms with van der Waals surface area (Å²) in [5, 5.41) is 2.60. The van der Waals surface area contributed by atoms with Crippen molar-refractivity contribution in [3.05, 3.63) is 27.1 Å². The van der Waals surface area contributed by atoms with Gasteiger partial charge in [0.2, 0.25) is 15.9 Å². The van der Waals surface area contributed by atoms with Crippen LogP contribution in [0.2, 0.25) is 0 Å². The second kappa shape index (κ2) is 8.03. The summed E-state index contributed by atoms with van der Waals surface area (Å²) < 4.78 is 50.6. The van der Waals surface area contributed by atoms with Crippen LogP contribution < -0.4 is 5.32 Å². The zero-order chi connectivity index (χ0) is 18.8. The number of hydrogen-bond donors (Lipinski definition) is 1. The van der Waals surface area contributed by atoms with E-state index in [9.17, 15) is 21.6 Å². The highest BCUT2D eigenvalue weighted by Gasteiger charge is 2.31. The highest BCUT2D eigenvalue weighted by molar-refractivity contribution is 9.11. The summed E-state index contributed by atoms with van der Waals surface area (Å²) in [7, 11) is -6.99. The summed E-state index contributed by atoms with van der Waals surface area (Å²) in [6, 6.07) is 4.31. The molecule has 1 aliphatic rings. The number of sulfonamides is 1. The average Bonchev–Trinajstić information content (AvgIpc) is 2.85. The van der Waals surface area contributed by atoms with Gasteiger partial charge >= 0.3 is 0 Å². The maximum absolute atomic E-state index is 12.8. The van der Waals surface area contributed by atoms with E-state index in [0.29, 0.717) is 15.4 Å². The molecule has 0 unspecified atom stereocenters. The van der Waals surface area contributed by atoms with Crippen LogP contribution in [-0.2, 0) is 24.7 Å². The Labute approximate surface area is 164 Å². The van der Waals surface area contributed by atoms with Crippen LogP contribution in [-0.4, -0.2) is 57.7 Å². The van der Waals surface area contributed by atoms with Gasteiger partial charge in [-0.3, -0.25) is 4.79 Å². The van der Waals surface area contributed by atoms with Crippen LogP contribution >= 0.6 is 31.9 Å². The molecule has 1 N–H and O–H groups in total. The molecule has 1 aromatic carbocycles. The van der Waals surface area contributed by atoms with E-state index < -0.39 is 31.8 Å². The number of hydrogen-bond acceptors (Lipinski definition) is 5. The molecule has 1 heterocycles. The lowest BCUT2D eigenvalue weighted by atomic mass is 10.2. The van der Waals surface area contributed by atoms with E-state index >= 15 is 0 Å². The van der Waals surface area contributed by atoms with Crippen molar-refractivity contribution in [3.8, 4) is 0 Å². The van der Waals surface area contributed by atoms with Crippen molar-refractivity contribution in [2.45, 2.75) is 24.3 Å². The van der Waals surface area contributed by atoms with Gasteiger partial charge < -0.3 is 5.32 Å². The Bertz CT molecular complexity index is 871. The molecule has 7 nitrogen and oxygen atoms in total. The van der Waals surface area contributed by atoms with E-state index in [2.05, 4.69) is 37.2 Å². The van der Waals surface area contributed by atoms with Crippen LogP contribution in [0.25, 0.3) is 0 Å². The van der Waals surface area contributed by atoms with E-state index in [4.69, 9.17) is 0 Å². The quantitative estimate of drug-likeness (QED) is 0.616. The third-order valence-corrected chi connectivity index (χ3v) is 8.96. The molecule has 0 spiro atoms. The molecule has 1 aromatic rings. The highest BCUT2D eigenvalue weighted by atomic mass is 79.9. The van der Waals surface area contributed by atoms with Gasteiger partial charge in [-0.2, -0.15) is 4.31 Å². The Morgan fingerprint density at radius 3 is 2.60 bits per heavy atom. The van der Waals surface area contributed by atoms with Gasteiger partial charge in [0.1, 0.15) is 0 Å². The smallest absolute Gasteiger partial charge is 0.244 e. The van der Waals surface area contributed by atoms with Crippen LogP contribution in [0.15, 0.2) is 32.0 Å². The van der Waals surface area contributed by atoms with Crippen LogP contribution in [0.1, 0.15) is 13.3 Å². The molecule has 0 radical (unpaired) electrons. The third kappa shape index (κ3) is 5.25. The van der Waals surface area contributed by atoms with Crippen molar-refractivity contribution in [2.24, 2.45) is 0 Å². The Morgan fingerprint density at radius 1 is 1.36 bits per heavy atom. The lowest BCUT2D eigenvalue weighted by Crippen LogP contribution is -2.44. The third-order valence-electron chi connectivity index (χ3n) is 3.78. The van der Waals surface area contributed by atoms with E-state index in [1.54, 1.807) is 19.1 Å². The van der Waals surface area contributed by atoms with Crippen LogP contribution in [0.4, 0.5) is 0 Å². The van der Waals surface area contributed by atoms with Crippen molar-refractivity contribution in [3.63, 3.8) is 0 Å². The Kier molecular flexibility index (Phi) is 6.69. The molecule has 1 aliphatic heterocycles. The van der Waals surface area contributed by atoms with Gasteiger partial charge in [-0.15, -0.1) is 0 Å². The predicted molar refractivity (Wildman–Crippen MR) is 101 cm³/mol. The molecular weight excluding hydrogens is 500 g/mol. The number of halogens is 2. The van der Waals surface area contributed by atoms with Crippen LogP contribution in [0, 0.1) is 0 Å². The summed E-state index contributed by atoms with van der Waals surface area (Å²) in [6.45, 7) is 1.38. The number of carbonyl (C=O) groups excluding carboxylic acids is 1. The van der Waals surface area contributed by atoms with Gasteiger partial charge in [-0.05, 0) is 40.5 Å². The lowest BCUT2D eigenvalue weighted by molar-refractivity contribution is -0.121. The van der Waals surface area contributed by atoms with Crippen LogP contribution in [0.3, 0.4) is 0 Å². The molecule has 0 aromatic heterocycles. The summed E-state index contributed by atoms with van der Waals surface area (Å²) in [5.41, 5.74) is 0. The fraction of sp³-hybridized carbons (Fsp3) is 0.500. The zero-order valence-electron chi connectivity index (χ0n) is 13.4. The van der Waals surface area contributed by atoms with Gasteiger partial charge in [-0.1, -0.05) is 22.9 Å². The molecule has 1 atom stereocenters. The number of carbonyl (C=O) groups is 1. The fourth-order valence-electron chi connectivity index (χ4n) is 2.52. The highest BCUT2D eigenvalue weighted by Crippen LogP contribution is 2.28. The van der Waals surface area contributed by atoms with Gasteiger partial charge in [0.25, 0.3) is 0 Å². The largest absolute Gasteiger partial charge is 0.351 e. The molecule has 11 heteroatoms. The number of benzene rings is 1. The molecule has 0 saturated carbocycles. The number of nitrogens with one attached hydrogen (secondary N) is 1. The molecule has 1 amide bonds. The molecule has 1 saturated heterocycles. The van der Waals surface area contributed by atoms with Gasteiger partial charge in [-0.25, -0.2) is 16.8 Å². The standard InChI is InChI=1S/C14H18Br2N2O5S2/c1-2-18(8-14(19)17-11-5-6-24(20,21)9-11)25(22,23)13-7-10(15)3-4-12(13)16/h3-4,7,11H,2,5-6,8-9H2,1H3,(H,17,19)/t11-/m0/s1. The van der Waals surface area contributed by atoms with Gasteiger partial charge in [0.05, 0.1) is 22.9 Å². The second-order valence-electron chi connectivity index (χ2n) is 5.67. The van der Waals surface area contributed by atoms with Crippen LogP contribution in [0.5, 0.6) is 0 Å². The molecule has 0 aliphatic carbocycles. The number of rotatable bonds is 6. The molecule has 25 heavy (non-hydrogen) atoms. The maximum atomic E-state index is 12.8. The first kappa shape index (κ1) is 20.8. The minimum absolute atomic E-state index is 0.0404. The summed E-state index contributed by atoms with van der Waals surface area (Å²) in [6.07, 6.45) is 0.351. The molecule has 1 fully saturated rings. The van der Waals surface area contributed by atoms with E-state index in [1.807, 2.05) is 0 Å². The number of sulfone groups is 1. The molecule has 140 valence electrons. The normalized spacial score (nSPS) is 19.9. The number of amides is 1. The van der Waals surface area contributed by atoms with Crippen molar-refractivity contribution >= 4 is 57.6 Å². The fourth-order valence-corrected chi connectivity index (χ4v) is 7.06. The van der Waals surface area contributed by atoms with Crippen molar-refractivity contribution in [1.82, 2.24) is 9.62 Å². The first-order chi connectivity index (χ1) is 11.5. The van der Waals surface area contributed by atoms with Crippen molar-refractivity contribution < 1.29 is 21.6 Å². The first-order valence-electron chi connectivity index (χ1n) is 7.50. The van der Waals surface area contributed by atoms with E-state index in [0.717, 1.165) is 4.31 Å². The predicted octanol–water partition coefficient (Wildman–Crippen LogP) is 1.53. The number of likely N-dealkylation sites (N-methyl/N-ethyl adjacent to an activating group) is 1. The monoisotopic (exact) mass is 516 g/mol. The summed E-state index contributed by atoms with van der Waals surface area (Å²) in [4.78, 5) is 12.2. The van der Waals surface area contributed by atoms with E-state index in [1.165, 1.54) is 6.07 Å². The Balaban J connectivity index is 2.13. The zero-order valence-corrected chi connectivity index (χ0v) is 18.2. The Morgan fingerprint density at radius 2 is 2.04 bits per heavy atom. The topological polar surface area (TPSA) is 101 Å². The summed E-state index contributed by atoms with van der Waals surface area (Å²) in [5.74, 6) is -0.577. The van der Waals surface area contributed by atoms with Gasteiger partial charge in [0, 0.05) is 21.5 Å².